The summed E-state index contributed by atoms with van der Waals surface area (Å²) in [6.07, 6.45) is 0. The molecule has 5 heteroatoms. The number of rotatable bonds is 2. The Bertz CT molecular complexity index is 66.0. The van der Waals surface area contributed by atoms with Crippen molar-refractivity contribution in [1.29, 1.82) is 0 Å². The summed E-state index contributed by atoms with van der Waals surface area (Å²) in [4.78, 5) is 8.49. The number of nitroso groups, excluding NO2 is 1. The summed E-state index contributed by atoms with van der Waals surface area (Å²) in [7, 11) is 0. The maximum Gasteiger partial charge on any atom is 0.195 e. The first-order valence-electron chi connectivity index (χ1n) is 1.43. The first-order valence-corrected chi connectivity index (χ1v) is 2.74. The predicted molar refractivity (Wildman–Crippen MR) is 30.9 cm³/mol. The van der Waals surface area contributed by atoms with Gasteiger partial charge in [-0.2, -0.15) is 0 Å². The normalized spacial score (nSPS) is 14.3. The van der Waals surface area contributed by atoms with Crippen LogP contribution >= 0.6 is 34.8 Å². The van der Waals surface area contributed by atoms with Crippen molar-refractivity contribution in [2.45, 2.75) is 10.3 Å². The zero-order chi connectivity index (χ0) is 5.86. The van der Waals surface area contributed by atoms with E-state index in [0.717, 1.165) is 0 Å². The molecule has 1 atom stereocenters. The molecule has 0 saturated heterocycles. The van der Waals surface area contributed by atoms with Gasteiger partial charge in [0.15, 0.2) is 5.50 Å². The van der Waals surface area contributed by atoms with E-state index in [-0.39, 0.29) is 0 Å². The summed E-state index contributed by atoms with van der Waals surface area (Å²) in [5.74, 6) is 0. The third kappa shape index (κ3) is 3.09. The van der Waals surface area contributed by atoms with E-state index in [1.54, 1.807) is 0 Å². The van der Waals surface area contributed by atoms with Crippen molar-refractivity contribution in [1.82, 2.24) is 0 Å². The van der Waals surface area contributed by atoms with Crippen LogP contribution in [0.1, 0.15) is 0 Å². The van der Waals surface area contributed by atoms with Gasteiger partial charge in [0.2, 0.25) is 0 Å². The van der Waals surface area contributed by atoms with Crippen molar-refractivity contribution in [2.75, 3.05) is 0 Å². The molecule has 0 aliphatic heterocycles. The molecule has 0 bridgehead atoms. The molecule has 0 aromatic rings. The van der Waals surface area contributed by atoms with Crippen molar-refractivity contribution in [3.05, 3.63) is 4.91 Å². The minimum absolute atomic E-state index is 0.904. The number of halogens is 3. The molecule has 0 fully saturated rings. The van der Waals surface area contributed by atoms with Crippen LogP contribution in [0.15, 0.2) is 5.18 Å². The molecule has 0 rings (SSSR count). The first-order chi connectivity index (χ1) is 3.18. The molecule has 42 valence electrons. The highest BCUT2D eigenvalue weighted by atomic mass is 35.5. The van der Waals surface area contributed by atoms with E-state index >= 15 is 0 Å². The molecule has 0 aromatic carbocycles. The molecule has 0 aromatic heterocycles. The smallest absolute Gasteiger partial charge is 0.149 e. The van der Waals surface area contributed by atoms with E-state index < -0.39 is 10.3 Å². The highest BCUT2D eigenvalue weighted by molar-refractivity contribution is 6.48. The van der Waals surface area contributed by atoms with Gasteiger partial charge in [0.1, 0.15) is 4.84 Å². The average Bonchev–Trinajstić information content (AvgIpc) is 1.65. The molecule has 7 heavy (non-hydrogen) atoms. The fraction of sp³-hybridized carbons (Fsp3) is 1.00. The lowest BCUT2D eigenvalue weighted by molar-refractivity contribution is 0.978. The van der Waals surface area contributed by atoms with Gasteiger partial charge < -0.3 is 0 Å². The summed E-state index contributed by atoms with van der Waals surface area (Å²) < 4.78 is 0. The first kappa shape index (κ1) is 7.47. The summed E-state index contributed by atoms with van der Waals surface area (Å²) in [5, 5.41) is 2.34. The second kappa shape index (κ2) is 3.47. The van der Waals surface area contributed by atoms with Gasteiger partial charge in [-0.05, 0) is 5.18 Å². The Balaban J connectivity index is 3.33. The minimum Gasteiger partial charge on any atom is -0.149 e. The van der Waals surface area contributed by atoms with Crippen LogP contribution in [-0.2, 0) is 0 Å². The summed E-state index contributed by atoms with van der Waals surface area (Å²) in [5.41, 5.74) is -1.02. The molecule has 1 unspecified atom stereocenters. The Morgan fingerprint density at radius 3 is 1.71 bits per heavy atom. The van der Waals surface area contributed by atoms with E-state index in [1.165, 1.54) is 0 Å². The average molecular weight is 162 g/mol. The fourth-order valence-corrected chi connectivity index (χ4v) is 0.138. The zero-order valence-corrected chi connectivity index (χ0v) is 5.41. The van der Waals surface area contributed by atoms with Crippen LogP contribution in [0.5, 0.6) is 0 Å². The Kier molecular flexibility index (Phi) is 3.70. The summed E-state index contributed by atoms with van der Waals surface area (Å²) in [6, 6.07) is 0. The molecular weight excluding hydrogens is 160 g/mol. The number of hydrogen-bond donors (Lipinski definition) is 0. The van der Waals surface area contributed by atoms with Gasteiger partial charge >= 0.3 is 0 Å². The van der Waals surface area contributed by atoms with Crippen molar-refractivity contribution < 1.29 is 0 Å². The molecule has 0 N–H and O–H groups in total. The van der Waals surface area contributed by atoms with Gasteiger partial charge in [-0.15, -0.1) is 28.1 Å². The molecule has 0 aliphatic carbocycles. The fourth-order valence-electron chi connectivity index (χ4n) is 0.0460. The number of alkyl halides is 3. The Morgan fingerprint density at radius 1 is 1.29 bits per heavy atom. The van der Waals surface area contributed by atoms with E-state index in [4.69, 9.17) is 34.8 Å². The Labute approximate surface area is 55.7 Å². The van der Waals surface area contributed by atoms with Crippen LogP contribution in [-0.4, -0.2) is 10.3 Å². The van der Waals surface area contributed by atoms with Gasteiger partial charge in [0.25, 0.3) is 0 Å². The van der Waals surface area contributed by atoms with E-state index in [9.17, 15) is 4.91 Å². The molecule has 0 spiro atoms. The maximum atomic E-state index is 9.40. The van der Waals surface area contributed by atoms with Gasteiger partial charge in [-0.25, -0.2) is 0 Å². The van der Waals surface area contributed by atoms with E-state index in [0.29, 0.717) is 0 Å². The minimum atomic E-state index is -1.02. The zero-order valence-electron chi connectivity index (χ0n) is 3.14. The second-order valence-electron chi connectivity index (χ2n) is 0.813. The van der Waals surface area contributed by atoms with Crippen molar-refractivity contribution in [3.63, 3.8) is 0 Å². The third-order valence-electron chi connectivity index (χ3n) is 0.309. The van der Waals surface area contributed by atoms with Crippen molar-refractivity contribution >= 4 is 34.8 Å². The summed E-state index contributed by atoms with van der Waals surface area (Å²) >= 11 is 15.2. The van der Waals surface area contributed by atoms with Crippen molar-refractivity contribution in [3.8, 4) is 0 Å². The molecule has 0 saturated carbocycles. The lowest BCUT2D eigenvalue weighted by atomic mass is 10.8. The summed E-state index contributed by atoms with van der Waals surface area (Å²) in [6.45, 7) is 0. The molecule has 2 nitrogen and oxygen atoms in total. The highest BCUT2D eigenvalue weighted by Gasteiger charge is 2.11. The quantitative estimate of drug-likeness (QED) is 0.347. The topological polar surface area (TPSA) is 29.4 Å². The highest BCUT2D eigenvalue weighted by Crippen LogP contribution is 2.13. The Hall–Kier alpha value is 0.470. The largest absolute Gasteiger partial charge is 0.195 e. The van der Waals surface area contributed by atoms with Crippen LogP contribution < -0.4 is 0 Å². The standard InChI is InChI=1S/C2H2Cl3NO/c3-1(4)2(5)6-7/h1-2H. The van der Waals surface area contributed by atoms with Gasteiger partial charge in [-0.1, -0.05) is 11.6 Å². The van der Waals surface area contributed by atoms with E-state index in [1.807, 2.05) is 0 Å². The molecule has 0 amide bonds. The monoisotopic (exact) mass is 161 g/mol. The maximum absolute atomic E-state index is 9.40. The molecular formula is C2H2Cl3NO. The predicted octanol–water partition coefficient (Wildman–Crippen LogP) is 2.12. The van der Waals surface area contributed by atoms with Gasteiger partial charge in [0.05, 0.1) is 0 Å². The van der Waals surface area contributed by atoms with Crippen LogP contribution in [0, 0.1) is 4.91 Å². The lowest BCUT2D eigenvalue weighted by Crippen LogP contribution is -2.02. The van der Waals surface area contributed by atoms with Crippen LogP contribution in [0.2, 0.25) is 0 Å². The van der Waals surface area contributed by atoms with Gasteiger partial charge in [0, 0.05) is 0 Å². The number of hydrogen-bond acceptors (Lipinski definition) is 2. The van der Waals surface area contributed by atoms with Gasteiger partial charge in [-0.3, -0.25) is 0 Å². The third-order valence-corrected chi connectivity index (χ3v) is 1.38. The van der Waals surface area contributed by atoms with Crippen LogP contribution in [0.4, 0.5) is 0 Å². The van der Waals surface area contributed by atoms with Crippen LogP contribution in [0.25, 0.3) is 0 Å². The van der Waals surface area contributed by atoms with E-state index in [2.05, 4.69) is 5.18 Å². The lowest BCUT2D eigenvalue weighted by Gasteiger charge is -1.95. The second-order valence-corrected chi connectivity index (χ2v) is 2.42. The van der Waals surface area contributed by atoms with Crippen molar-refractivity contribution in [2.24, 2.45) is 5.18 Å². The SMILES string of the molecule is O=NC(Cl)C(Cl)Cl. The number of nitrogens with zero attached hydrogens (tertiary/aromatic N) is 1. The van der Waals surface area contributed by atoms with Crippen LogP contribution in [0.3, 0.4) is 0 Å². The molecule has 0 aliphatic rings. The molecule has 0 heterocycles. The molecule has 0 radical (unpaired) electrons. The Morgan fingerprint density at radius 2 is 1.71 bits per heavy atom.